The number of carboxylic acids is 1. The van der Waals surface area contributed by atoms with Crippen molar-refractivity contribution in [3.05, 3.63) is 111 Å². The number of alkyl halides is 3. The van der Waals surface area contributed by atoms with E-state index < -0.39 is 12.1 Å². The van der Waals surface area contributed by atoms with Crippen LogP contribution >= 0.6 is 11.6 Å². The number of anilines is 1. The normalized spacial score (nSPS) is 11.9. The topological polar surface area (TPSA) is 105 Å². The zero-order valence-corrected chi connectivity index (χ0v) is 23.4. The summed E-state index contributed by atoms with van der Waals surface area (Å²) in [5, 5.41) is 11.6. The molecule has 0 saturated carbocycles. The minimum Gasteiger partial charge on any atom is -0.475 e. The standard InChI is InChI=1S/C29H24ClN3O2.C2HF3O2/c1-17-13-24(19(3)33-23-10-11-26(30)32-16-23)29-25(14-17)27(34)18(2)28(35-29)21-8-6-20(7-9-21)22-5-4-12-31-15-22;3-2(4,5)1(6)7/h4-16,19,33H,1-3H3;(H,6,7). The number of hydrogen-bond donors (Lipinski definition) is 2. The van der Waals surface area contributed by atoms with Gasteiger partial charge in [0.2, 0.25) is 0 Å². The Morgan fingerprint density at radius 3 is 2.24 bits per heavy atom. The van der Waals surface area contributed by atoms with Crippen LogP contribution in [0, 0.1) is 13.8 Å². The lowest BCUT2D eigenvalue weighted by Gasteiger charge is -2.18. The second-order valence-electron chi connectivity index (χ2n) is 9.47. The molecule has 2 N–H and O–H groups in total. The van der Waals surface area contributed by atoms with Gasteiger partial charge >= 0.3 is 12.1 Å². The molecule has 2 aromatic carbocycles. The Bertz CT molecular complexity index is 1770. The van der Waals surface area contributed by atoms with Crippen molar-refractivity contribution in [3.63, 3.8) is 0 Å². The lowest BCUT2D eigenvalue weighted by atomic mass is 9.98. The number of carbonyl (C=O) groups is 1. The molecule has 0 bridgehead atoms. The van der Waals surface area contributed by atoms with Crippen LogP contribution in [0.15, 0.2) is 88.5 Å². The lowest BCUT2D eigenvalue weighted by Crippen LogP contribution is -2.21. The Morgan fingerprint density at radius 1 is 1.00 bits per heavy atom. The van der Waals surface area contributed by atoms with Gasteiger partial charge in [0, 0.05) is 29.1 Å². The smallest absolute Gasteiger partial charge is 0.475 e. The van der Waals surface area contributed by atoms with Crippen LogP contribution in [0.25, 0.3) is 33.4 Å². The average Bonchev–Trinajstić information content (AvgIpc) is 2.96. The summed E-state index contributed by atoms with van der Waals surface area (Å²) in [4.78, 5) is 30.6. The molecule has 5 rings (SSSR count). The van der Waals surface area contributed by atoms with Gasteiger partial charge in [0.25, 0.3) is 0 Å². The number of fused-ring (bicyclic) bond motifs is 1. The SMILES string of the molecule is Cc1cc(C(C)Nc2ccc(Cl)nc2)c2oc(-c3ccc(-c4cccnc4)cc3)c(C)c(=O)c2c1.O=C(O)C(F)(F)F. The number of carboxylic acid groups (broad SMARTS) is 1. The van der Waals surface area contributed by atoms with Crippen molar-refractivity contribution in [3.8, 4) is 22.5 Å². The molecule has 1 unspecified atom stereocenters. The Morgan fingerprint density at radius 2 is 1.67 bits per heavy atom. The lowest BCUT2D eigenvalue weighted by molar-refractivity contribution is -0.192. The van der Waals surface area contributed by atoms with Gasteiger partial charge in [-0.05, 0) is 61.7 Å². The minimum absolute atomic E-state index is 0.0251. The number of benzene rings is 2. The fourth-order valence-corrected chi connectivity index (χ4v) is 4.41. The summed E-state index contributed by atoms with van der Waals surface area (Å²) in [6.07, 6.45) is 0.186. The molecule has 3 aromatic heterocycles. The molecule has 0 aliphatic heterocycles. The number of rotatable bonds is 5. The zero-order valence-electron chi connectivity index (χ0n) is 22.7. The molecule has 0 amide bonds. The van der Waals surface area contributed by atoms with E-state index in [1.165, 1.54) is 0 Å². The fourth-order valence-electron chi connectivity index (χ4n) is 4.30. The summed E-state index contributed by atoms with van der Waals surface area (Å²) in [5.74, 6) is -2.18. The van der Waals surface area contributed by atoms with Crippen molar-refractivity contribution in [2.75, 3.05) is 5.32 Å². The van der Waals surface area contributed by atoms with E-state index in [2.05, 4.69) is 21.4 Å². The fraction of sp³-hybridized carbons (Fsp3) is 0.161. The maximum atomic E-state index is 13.4. The van der Waals surface area contributed by atoms with Gasteiger partial charge in [0.05, 0.1) is 23.3 Å². The Hall–Kier alpha value is -4.70. The Labute approximate surface area is 243 Å². The van der Waals surface area contributed by atoms with E-state index in [1.54, 1.807) is 18.5 Å². The third kappa shape index (κ3) is 6.95. The van der Waals surface area contributed by atoms with Gasteiger partial charge in [-0.1, -0.05) is 48.0 Å². The molecule has 0 aliphatic carbocycles. The molecule has 42 heavy (non-hydrogen) atoms. The van der Waals surface area contributed by atoms with E-state index in [9.17, 15) is 18.0 Å². The molecule has 11 heteroatoms. The van der Waals surface area contributed by atoms with Crippen LogP contribution in [-0.2, 0) is 4.79 Å². The van der Waals surface area contributed by atoms with Crippen LogP contribution in [0.5, 0.6) is 0 Å². The van der Waals surface area contributed by atoms with Crippen LogP contribution in [0.4, 0.5) is 18.9 Å². The van der Waals surface area contributed by atoms with Gasteiger partial charge in [-0.2, -0.15) is 13.2 Å². The number of aliphatic carboxylic acids is 1. The largest absolute Gasteiger partial charge is 0.490 e. The number of nitrogens with one attached hydrogen (secondary N) is 1. The molecule has 5 aromatic rings. The van der Waals surface area contributed by atoms with E-state index in [4.69, 9.17) is 25.9 Å². The van der Waals surface area contributed by atoms with Gasteiger partial charge in [-0.15, -0.1) is 0 Å². The van der Waals surface area contributed by atoms with Crippen molar-refractivity contribution < 1.29 is 27.5 Å². The predicted molar refractivity (Wildman–Crippen MR) is 156 cm³/mol. The second kappa shape index (κ2) is 12.4. The number of aryl methyl sites for hydroxylation is 1. The molecule has 3 heterocycles. The monoisotopic (exact) mass is 595 g/mol. The van der Waals surface area contributed by atoms with E-state index in [1.807, 2.05) is 75.5 Å². The summed E-state index contributed by atoms with van der Waals surface area (Å²) in [5.41, 5.74) is 6.81. The molecular formula is C31H25ClF3N3O4. The van der Waals surface area contributed by atoms with Crippen LogP contribution in [0.3, 0.4) is 0 Å². The molecule has 7 nitrogen and oxygen atoms in total. The first-order valence-corrected chi connectivity index (χ1v) is 13.0. The first-order valence-electron chi connectivity index (χ1n) is 12.6. The molecule has 0 fully saturated rings. The quantitative estimate of drug-likeness (QED) is 0.198. The summed E-state index contributed by atoms with van der Waals surface area (Å²) < 4.78 is 38.2. The van der Waals surface area contributed by atoms with Gasteiger partial charge in [0.15, 0.2) is 5.43 Å². The van der Waals surface area contributed by atoms with E-state index in [0.717, 1.165) is 33.5 Å². The van der Waals surface area contributed by atoms with Crippen LogP contribution in [0.1, 0.15) is 29.7 Å². The minimum atomic E-state index is -5.08. The van der Waals surface area contributed by atoms with Crippen molar-refractivity contribution >= 4 is 34.2 Å². The van der Waals surface area contributed by atoms with E-state index >= 15 is 0 Å². The Balaban J connectivity index is 0.000000517. The van der Waals surface area contributed by atoms with Gasteiger partial charge in [-0.3, -0.25) is 9.78 Å². The highest BCUT2D eigenvalue weighted by Crippen LogP contribution is 2.33. The molecule has 0 aliphatic rings. The molecule has 1 atom stereocenters. The summed E-state index contributed by atoms with van der Waals surface area (Å²) in [6.45, 7) is 5.84. The summed E-state index contributed by atoms with van der Waals surface area (Å²) in [7, 11) is 0. The number of hydrogen-bond acceptors (Lipinski definition) is 6. The van der Waals surface area contributed by atoms with Gasteiger partial charge in [-0.25, -0.2) is 9.78 Å². The number of nitrogens with zero attached hydrogens (tertiary/aromatic N) is 2. The van der Waals surface area contributed by atoms with Crippen molar-refractivity contribution in [2.24, 2.45) is 0 Å². The average molecular weight is 596 g/mol. The zero-order chi connectivity index (χ0) is 30.6. The van der Waals surface area contributed by atoms with E-state index in [-0.39, 0.29) is 11.5 Å². The third-order valence-corrected chi connectivity index (χ3v) is 6.58. The van der Waals surface area contributed by atoms with Gasteiger partial charge in [0.1, 0.15) is 16.5 Å². The molecular weight excluding hydrogens is 571 g/mol. The number of halogens is 4. The maximum Gasteiger partial charge on any atom is 0.490 e. The van der Waals surface area contributed by atoms with E-state index in [0.29, 0.717) is 27.4 Å². The van der Waals surface area contributed by atoms with Crippen molar-refractivity contribution in [2.45, 2.75) is 33.0 Å². The molecule has 0 radical (unpaired) electrons. The maximum absolute atomic E-state index is 13.4. The Kier molecular flexibility index (Phi) is 8.96. The third-order valence-electron chi connectivity index (χ3n) is 6.35. The highest BCUT2D eigenvalue weighted by Gasteiger charge is 2.38. The highest BCUT2D eigenvalue weighted by atomic mass is 35.5. The summed E-state index contributed by atoms with van der Waals surface area (Å²) in [6, 6.07) is 19.3. The van der Waals surface area contributed by atoms with Crippen LogP contribution in [-0.4, -0.2) is 27.2 Å². The molecule has 0 spiro atoms. The second-order valence-corrected chi connectivity index (χ2v) is 9.86. The first-order chi connectivity index (χ1) is 19.8. The first kappa shape index (κ1) is 30.3. The molecule has 216 valence electrons. The number of aromatic nitrogens is 2. The van der Waals surface area contributed by atoms with Crippen molar-refractivity contribution in [1.29, 1.82) is 0 Å². The summed E-state index contributed by atoms with van der Waals surface area (Å²) >= 11 is 5.92. The van der Waals surface area contributed by atoms with Gasteiger partial charge < -0.3 is 14.8 Å². The van der Waals surface area contributed by atoms with Crippen LogP contribution < -0.4 is 10.7 Å². The predicted octanol–water partition coefficient (Wildman–Crippen LogP) is 7.99. The number of pyridine rings is 2. The van der Waals surface area contributed by atoms with Crippen LogP contribution in [0.2, 0.25) is 5.15 Å². The molecule has 0 saturated heterocycles. The van der Waals surface area contributed by atoms with Crippen molar-refractivity contribution in [1.82, 2.24) is 9.97 Å². The highest BCUT2D eigenvalue weighted by molar-refractivity contribution is 6.29.